The molecule has 0 bridgehead atoms. The maximum atomic E-state index is 12.2. The van der Waals surface area contributed by atoms with Gasteiger partial charge in [0.1, 0.15) is 11.3 Å². The number of imidazole rings is 1. The molecule has 8 nitrogen and oxygen atoms in total. The topological polar surface area (TPSA) is 79.8 Å². The molecular formula is C17H20N6O2. The van der Waals surface area contributed by atoms with E-state index in [-0.39, 0.29) is 11.8 Å². The van der Waals surface area contributed by atoms with Crippen molar-refractivity contribution in [2.75, 3.05) is 33.7 Å². The fraction of sp³-hybridized carbons (Fsp3) is 0.412. The van der Waals surface area contributed by atoms with E-state index < -0.39 is 0 Å². The first-order chi connectivity index (χ1) is 12.1. The Kier molecular flexibility index (Phi) is 3.96. The highest BCUT2D eigenvalue weighted by atomic mass is 16.5. The average Bonchev–Trinajstić information content (AvgIpc) is 3.30. The molecule has 25 heavy (non-hydrogen) atoms. The highest BCUT2D eigenvalue weighted by Crippen LogP contribution is 2.28. The van der Waals surface area contributed by atoms with Crippen LogP contribution in [0.5, 0.6) is 0 Å². The fourth-order valence-corrected chi connectivity index (χ4v) is 3.02. The van der Waals surface area contributed by atoms with Crippen molar-refractivity contribution < 1.29 is 9.32 Å². The van der Waals surface area contributed by atoms with Crippen LogP contribution < -0.4 is 0 Å². The number of aromatic nitrogens is 4. The van der Waals surface area contributed by atoms with Gasteiger partial charge in [-0.2, -0.15) is 4.98 Å². The lowest BCUT2D eigenvalue weighted by molar-refractivity contribution is -0.127. The minimum absolute atomic E-state index is 0.0482. The summed E-state index contributed by atoms with van der Waals surface area (Å²) in [6, 6.07) is 5.79. The molecular weight excluding hydrogens is 320 g/mol. The number of nitrogens with zero attached hydrogens (tertiary/aromatic N) is 6. The van der Waals surface area contributed by atoms with Crippen LogP contribution in [0.1, 0.15) is 18.2 Å². The van der Waals surface area contributed by atoms with Crippen molar-refractivity contribution in [3.05, 3.63) is 36.5 Å². The Morgan fingerprint density at radius 2 is 2.20 bits per heavy atom. The van der Waals surface area contributed by atoms with Crippen molar-refractivity contribution in [2.45, 2.75) is 12.3 Å². The number of carbonyl (C=O) groups is 1. The molecule has 1 aliphatic rings. The summed E-state index contributed by atoms with van der Waals surface area (Å²) in [5, 5.41) is 4.05. The maximum absolute atomic E-state index is 12.2. The Morgan fingerprint density at radius 3 is 3.00 bits per heavy atom. The number of rotatable bonds is 5. The van der Waals surface area contributed by atoms with Gasteiger partial charge in [-0.1, -0.05) is 11.2 Å². The average molecular weight is 340 g/mol. The molecule has 3 aromatic rings. The Morgan fingerprint density at radius 1 is 1.32 bits per heavy atom. The Labute approximate surface area is 145 Å². The van der Waals surface area contributed by atoms with Crippen molar-refractivity contribution >= 4 is 11.6 Å². The Hall–Kier alpha value is -2.74. The third-order valence-electron chi connectivity index (χ3n) is 4.42. The van der Waals surface area contributed by atoms with E-state index in [4.69, 9.17) is 4.52 Å². The first-order valence-corrected chi connectivity index (χ1v) is 8.30. The molecule has 1 saturated heterocycles. The number of hydrogen-bond donors (Lipinski definition) is 0. The minimum Gasteiger partial charge on any atom is -0.341 e. The summed E-state index contributed by atoms with van der Waals surface area (Å²) in [7, 11) is 3.99. The zero-order valence-electron chi connectivity index (χ0n) is 14.3. The molecule has 8 heteroatoms. The van der Waals surface area contributed by atoms with E-state index in [0.29, 0.717) is 30.4 Å². The van der Waals surface area contributed by atoms with Crippen molar-refractivity contribution in [3.63, 3.8) is 0 Å². The van der Waals surface area contributed by atoms with Crippen LogP contribution in [0.3, 0.4) is 0 Å². The lowest BCUT2D eigenvalue weighted by atomic mass is 10.1. The number of pyridine rings is 1. The molecule has 0 saturated carbocycles. The SMILES string of the molecule is CN(C)CCN1CC(c2nc(-c3cn4ccccc4n3)no2)CC1=O. The van der Waals surface area contributed by atoms with Gasteiger partial charge in [0.05, 0.1) is 5.92 Å². The van der Waals surface area contributed by atoms with Gasteiger partial charge in [-0.3, -0.25) is 4.79 Å². The van der Waals surface area contributed by atoms with Gasteiger partial charge in [-0.05, 0) is 26.2 Å². The second kappa shape index (κ2) is 6.29. The lowest BCUT2D eigenvalue weighted by Crippen LogP contribution is -2.32. The zero-order chi connectivity index (χ0) is 17.4. The van der Waals surface area contributed by atoms with Crippen LogP contribution in [0.25, 0.3) is 17.2 Å². The van der Waals surface area contributed by atoms with Crippen molar-refractivity contribution in [1.29, 1.82) is 0 Å². The monoisotopic (exact) mass is 340 g/mol. The van der Waals surface area contributed by atoms with Crippen LogP contribution in [0, 0.1) is 0 Å². The van der Waals surface area contributed by atoms with Crippen LogP contribution >= 0.6 is 0 Å². The van der Waals surface area contributed by atoms with E-state index in [0.717, 1.165) is 18.7 Å². The molecule has 130 valence electrons. The van der Waals surface area contributed by atoms with Crippen LogP contribution in [0.2, 0.25) is 0 Å². The third-order valence-corrected chi connectivity index (χ3v) is 4.42. The van der Waals surface area contributed by atoms with Gasteiger partial charge in [-0.15, -0.1) is 0 Å². The molecule has 1 aliphatic heterocycles. The molecule has 1 amide bonds. The van der Waals surface area contributed by atoms with Gasteiger partial charge < -0.3 is 18.7 Å². The van der Waals surface area contributed by atoms with Gasteiger partial charge >= 0.3 is 0 Å². The van der Waals surface area contributed by atoms with Crippen LogP contribution in [0.15, 0.2) is 35.1 Å². The van der Waals surface area contributed by atoms with Crippen molar-refractivity contribution in [1.82, 2.24) is 29.3 Å². The van der Waals surface area contributed by atoms with Crippen molar-refractivity contribution in [2.24, 2.45) is 0 Å². The molecule has 1 fully saturated rings. The number of carbonyl (C=O) groups excluding carboxylic acids is 1. The molecule has 3 aromatic heterocycles. The summed E-state index contributed by atoms with van der Waals surface area (Å²) in [4.78, 5) is 25.1. The molecule has 1 unspecified atom stereocenters. The number of likely N-dealkylation sites (tertiary alicyclic amines) is 1. The van der Waals surface area contributed by atoms with E-state index in [2.05, 4.69) is 20.0 Å². The van der Waals surface area contributed by atoms with E-state index in [9.17, 15) is 4.79 Å². The number of hydrogen-bond acceptors (Lipinski definition) is 6. The summed E-state index contributed by atoms with van der Waals surface area (Å²) >= 11 is 0. The molecule has 0 aliphatic carbocycles. The van der Waals surface area contributed by atoms with Gasteiger partial charge in [0, 0.05) is 38.4 Å². The second-order valence-electron chi connectivity index (χ2n) is 6.59. The molecule has 0 radical (unpaired) electrons. The zero-order valence-corrected chi connectivity index (χ0v) is 14.3. The smallest absolute Gasteiger partial charge is 0.232 e. The fourth-order valence-electron chi connectivity index (χ4n) is 3.02. The third kappa shape index (κ3) is 3.12. The van der Waals surface area contributed by atoms with Gasteiger partial charge in [0.15, 0.2) is 0 Å². The summed E-state index contributed by atoms with van der Waals surface area (Å²) in [6.45, 7) is 2.18. The molecule has 1 atom stereocenters. The molecule has 4 rings (SSSR count). The van der Waals surface area contributed by atoms with E-state index in [1.165, 1.54) is 0 Å². The highest BCUT2D eigenvalue weighted by Gasteiger charge is 2.34. The molecule has 0 N–H and O–H groups in total. The summed E-state index contributed by atoms with van der Waals surface area (Å²) in [6.07, 6.45) is 4.21. The predicted molar refractivity (Wildman–Crippen MR) is 91.0 cm³/mol. The molecule has 0 spiro atoms. The second-order valence-corrected chi connectivity index (χ2v) is 6.59. The van der Waals surface area contributed by atoms with Crippen LogP contribution in [-0.4, -0.2) is 69.0 Å². The maximum Gasteiger partial charge on any atom is 0.232 e. The quantitative estimate of drug-likeness (QED) is 0.696. The lowest BCUT2D eigenvalue weighted by Gasteiger charge is -2.18. The van der Waals surface area contributed by atoms with Gasteiger partial charge in [0.25, 0.3) is 0 Å². The normalized spacial score (nSPS) is 18.0. The summed E-state index contributed by atoms with van der Waals surface area (Å²) in [5.74, 6) is 1.05. The first-order valence-electron chi connectivity index (χ1n) is 8.30. The molecule has 0 aromatic carbocycles. The first kappa shape index (κ1) is 15.8. The van der Waals surface area contributed by atoms with E-state index in [1.807, 2.05) is 54.0 Å². The van der Waals surface area contributed by atoms with E-state index in [1.54, 1.807) is 0 Å². The predicted octanol–water partition coefficient (Wildman–Crippen LogP) is 1.26. The standard InChI is InChI=1S/C17H20N6O2/c1-21(2)7-8-23-10-12(9-15(23)24)17-19-16(20-25-17)13-11-22-6-4-3-5-14(22)18-13/h3-6,11-12H,7-10H2,1-2H3. The van der Waals surface area contributed by atoms with Crippen LogP contribution in [-0.2, 0) is 4.79 Å². The van der Waals surface area contributed by atoms with Gasteiger partial charge in [-0.25, -0.2) is 4.98 Å². The number of fused-ring (bicyclic) bond motifs is 1. The Balaban J connectivity index is 1.50. The Bertz CT molecular complexity index is 866. The highest BCUT2D eigenvalue weighted by molar-refractivity contribution is 5.79. The number of amides is 1. The summed E-state index contributed by atoms with van der Waals surface area (Å²) < 4.78 is 7.33. The van der Waals surface area contributed by atoms with Gasteiger partial charge in [0.2, 0.25) is 17.6 Å². The van der Waals surface area contributed by atoms with E-state index >= 15 is 0 Å². The summed E-state index contributed by atoms with van der Waals surface area (Å²) in [5.41, 5.74) is 1.49. The van der Waals surface area contributed by atoms with Crippen molar-refractivity contribution in [3.8, 4) is 11.5 Å². The number of likely N-dealkylation sites (N-methyl/N-ethyl adjacent to an activating group) is 1. The molecule has 4 heterocycles. The minimum atomic E-state index is -0.0482. The van der Waals surface area contributed by atoms with Crippen LogP contribution in [0.4, 0.5) is 0 Å². The largest absolute Gasteiger partial charge is 0.341 e.